The van der Waals surface area contributed by atoms with Gasteiger partial charge in [-0.3, -0.25) is 4.79 Å². The molecule has 0 fully saturated rings. The number of rotatable bonds is 4. The fourth-order valence-corrected chi connectivity index (χ4v) is 2.70. The van der Waals surface area contributed by atoms with Gasteiger partial charge in [-0.1, -0.05) is 0 Å². The molecule has 0 spiro atoms. The maximum absolute atomic E-state index is 11.4. The lowest BCUT2D eigenvalue weighted by Crippen LogP contribution is -2.30. The molecule has 1 atom stereocenters. The zero-order chi connectivity index (χ0) is 14.1. The van der Waals surface area contributed by atoms with Crippen molar-refractivity contribution in [1.82, 2.24) is 0 Å². The van der Waals surface area contributed by atoms with Gasteiger partial charge in [0.2, 0.25) is 10.0 Å². The standard InChI is InChI=1S/C11H16N2O4S/c1-6-4-9(17-8(3)11(12)14)5-7(2)10(6)18(13,15)16/h4-5,8H,1-3H3,(H2,12,14)(H2,13,15,16). The lowest BCUT2D eigenvalue weighted by Gasteiger charge is -2.14. The molecule has 0 aliphatic heterocycles. The van der Waals surface area contributed by atoms with E-state index in [4.69, 9.17) is 15.6 Å². The van der Waals surface area contributed by atoms with E-state index in [2.05, 4.69) is 0 Å². The van der Waals surface area contributed by atoms with Crippen LogP contribution in [0.1, 0.15) is 18.1 Å². The second-order valence-corrected chi connectivity index (χ2v) is 5.59. The Morgan fingerprint density at radius 3 is 2.06 bits per heavy atom. The first-order valence-electron chi connectivity index (χ1n) is 5.23. The third-order valence-corrected chi connectivity index (χ3v) is 3.64. The van der Waals surface area contributed by atoms with Gasteiger partial charge in [-0.15, -0.1) is 0 Å². The molecule has 6 nitrogen and oxygen atoms in total. The van der Waals surface area contributed by atoms with Gasteiger partial charge in [0.05, 0.1) is 4.90 Å². The van der Waals surface area contributed by atoms with Crippen LogP contribution < -0.4 is 15.6 Å². The van der Waals surface area contributed by atoms with Crippen molar-refractivity contribution in [2.24, 2.45) is 10.9 Å². The molecule has 0 aliphatic carbocycles. The van der Waals surface area contributed by atoms with E-state index < -0.39 is 22.0 Å². The van der Waals surface area contributed by atoms with Crippen molar-refractivity contribution in [2.45, 2.75) is 31.8 Å². The van der Waals surface area contributed by atoms with Crippen molar-refractivity contribution < 1.29 is 17.9 Å². The fraction of sp³-hybridized carbons (Fsp3) is 0.364. The molecule has 1 unspecified atom stereocenters. The van der Waals surface area contributed by atoms with E-state index in [0.29, 0.717) is 16.9 Å². The largest absolute Gasteiger partial charge is 0.481 e. The summed E-state index contributed by atoms with van der Waals surface area (Å²) in [5.41, 5.74) is 6.00. The van der Waals surface area contributed by atoms with E-state index in [9.17, 15) is 13.2 Å². The van der Waals surface area contributed by atoms with Crippen LogP contribution in [0.25, 0.3) is 0 Å². The van der Waals surface area contributed by atoms with Crippen LogP contribution in [0.15, 0.2) is 17.0 Å². The quantitative estimate of drug-likeness (QED) is 0.815. The van der Waals surface area contributed by atoms with Crippen LogP contribution in [-0.4, -0.2) is 20.4 Å². The molecule has 18 heavy (non-hydrogen) atoms. The van der Waals surface area contributed by atoms with Crippen LogP contribution in [0.5, 0.6) is 5.75 Å². The number of sulfonamides is 1. The average molecular weight is 272 g/mol. The predicted molar refractivity (Wildman–Crippen MR) is 66.6 cm³/mol. The van der Waals surface area contributed by atoms with Crippen molar-refractivity contribution in [1.29, 1.82) is 0 Å². The van der Waals surface area contributed by atoms with Gasteiger partial charge in [0.15, 0.2) is 6.10 Å². The molecule has 0 aromatic heterocycles. The number of benzene rings is 1. The molecule has 1 rings (SSSR count). The van der Waals surface area contributed by atoms with Gasteiger partial charge < -0.3 is 10.5 Å². The molecule has 1 aromatic rings. The van der Waals surface area contributed by atoms with Crippen LogP contribution in [0, 0.1) is 13.8 Å². The second kappa shape index (κ2) is 4.95. The normalized spacial score (nSPS) is 13.1. The number of nitrogens with two attached hydrogens (primary N) is 2. The highest BCUT2D eigenvalue weighted by molar-refractivity contribution is 7.89. The first-order chi connectivity index (χ1) is 8.12. The minimum absolute atomic E-state index is 0.0709. The Labute approximate surface area is 106 Å². The van der Waals surface area contributed by atoms with E-state index in [1.54, 1.807) is 13.8 Å². The number of primary amides is 1. The van der Waals surface area contributed by atoms with E-state index >= 15 is 0 Å². The summed E-state index contributed by atoms with van der Waals surface area (Å²) in [6.07, 6.45) is -0.788. The Kier molecular flexibility index (Phi) is 3.98. The Bertz CT molecular complexity index is 558. The molecule has 7 heteroatoms. The molecule has 0 bridgehead atoms. The number of primary sulfonamides is 1. The minimum Gasteiger partial charge on any atom is -0.481 e. The number of hydrogen-bond acceptors (Lipinski definition) is 4. The molecule has 0 aliphatic rings. The number of aryl methyl sites for hydroxylation is 2. The molecule has 100 valence electrons. The van der Waals surface area contributed by atoms with Gasteiger partial charge in [-0.25, -0.2) is 13.6 Å². The third kappa shape index (κ3) is 3.21. The zero-order valence-corrected chi connectivity index (χ0v) is 11.2. The summed E-state index contributed by atoms with van der Waals surface area (Å²) >= 11 is 0. The summed E-state index contributed by atoms with van der Waals surface area (Å²) in [4.78, 5) is 11.0. The van der Waals surface area contributed by atoms with Crippen LogP contribution in [0.4, 0.5) is 0 Å². The van der Waals surface area contributed by atoms with Gasteiger partial charge in [0.25, 0.3) is 5.91 Å². The van der Waals surface area contributed by atoms with Crippen molar-refractivity contribution >= 4 is 15.9 Å². The number of carbonyl (C=O) groups is 1. The summed E-state index contributed by atoms with van der Waals surface area (Å²) in [6, 6.07) is 3.01. The summed E-state index contributed by atoms with van der Waals surface area (Å²) in [5, 5.41) is 5.12. The highest BCUT2D eigenvalue weighted by Gasteiger charge is 2.17. The molecule has 1 aromatic carbocycles. The minimum atomic E-state index is -3.77. The molecule has 0 saturated carbocycles. The first-order valence-corrected chi connectivity index (χ1v) is 6.77. The number of ether oxygens (including phenoxy) is 1. The molecule has 4 N–H and O–H groups in total. The second-order valence-electron chi connectivity index (χ2n) is 4.09. The maximum Gasteiger partial charge on any atom is 0.258 e. The Hall–Kier alpha value is -1.60. The number of carbonyl (C=O) groups excluding carboxylic acids is 1. The van der Waals surface area contributed by atoms with Crippen molar-refractivity contribution in [3.05, 3.63) is 23.3 Å². The number of amides is 1. The highest BCUT2D eigenvalue weighted by atomic mass is 32.2. The van der Waals surface area contributed by atoms with Gasteiger partial charge in [0.1, 0.15) is 5.75 Å². The smallest absolute Gasteiger partial charge is 0.258 e. The summed E-state index contributed by atoms with van der Waals surface area (Å²) in [5.74, 6) is -0.218. The van der Waals surface area contributed by atoms with E-state index in [1.807, 2.05) is 0 Å². The molecule has 0 saturated heterocycles. The van der Waals surface area contributed by atoms with Crippen LogP contribution in [0.2, 0.25) is 0 Å². The monoisotopic (exact) mass is 272 g/mol. The average Bonchev–Trinajstić information content (AvgIpc) is 2.13. The Morgan fingerprint density at radius 2 is 1.72 bits per heavy atom. The molecule has 0 radical (unpaired) electrons. The zero-order valence-electron chi connectivity index (χ0n) is 10.4. The maximum atomic E-state index is 11.4. The van der Waals surface area contributed by atoms with Gasteiger partial charge in [-0.2, -0.15) is 0 Å². The van der Waals surface area contributed by atoms with E-state index in [1.165, 1.54) is 19.1 Å². The highest BCUT2D eigenvalue weighted by Crippen LogP contribution is 2.25. The van der Waals surface area contributed by atoms with Crippen molar-refractivity contribution in [3.63, 3.8) is 0 Å². The van der Waals surface area contributed by atoms with Gasteiger partial charge in [0, 0.05) is 0 Å². The van der Waals surface area contributed by atoms with Crippen molar-refractivity contribution in [3.8, 4) is 5.75 Å². The molecule has 1 amide bonds. The van der Waals surface area contributed by atoms with Crippen LogP contribution in [-0.2, 0) is 14.8 Å². The summed E-state index contributed by atoms with van der Waals surface area (Å²) < 4.78 is 28.1. The van der Waals surface area contributed by atoms with E-state index in [-0.39, 0.29) is 4.90 Å². The van der Waals surface area contributed by atoms with Crippen LogP contribution in [0.3, 0.4) is 0 Å². The van der Waals surface area contributed by atoms with Gasteiger partial charge in [-0.05, 0) is 44.0 Å². The van der Waals surface area contributed by atoms with Crippen molar-refractivity contribution in [2.75, 3.05) is 0 Å². The lowest BCUT2D eigenvalue weighted by molar-refractivity contribution is -0.123. The topological polar surface area (TPSA) is 112 Å². The predicted octanol–water partition coefficient (Wildman–Crippen LogP) is 0.203. The van der Waals surface area contributed by atoms with Crippen LogP contribution >= 0.6 is 0 Å². The van der Waals surface area contributed by atoms with E-state index in [0.717, 1.165) is 0 Å². The third-order valence-electron chi connectivity index (χ3n) is 2.43. The lowest BCUT2D eigenvalue weighted by atomic mass is 10.1. The molecule has 0 heterocycles. The summed E-state index contributed by atoms with van der Waals surface area (Å²) in [6.45, 7) is 4.73. The fourth-order valence-electron chi connectivity index (χ4n) is 1.69. The molecular formula is C11H16N2O4S. The Morgan fingerprint density at radius 1 is 1.28 bits per heavy atom. The number of hydrogen-bond donors (Lipinski definition) is 2. The first kappa shape index (κ1) is 14.5. The van der Waals surface area contributed by atoms with Gasteiger partial charge >= 0.3 is 0 Å². The molecular weight excluding hydrogens is 256 g/mol. The summed E-state index contributed by atoms with van der Waals surface area (Å²) in [7, 11) is -3.77. The Balaban J connectivity index is 3.20. The SMILES string of the molecule is Cc1cc(OC(C)C(N)=O)cc(C)c1S(N)(=O)=O.